The van der Waals surface area contributed by atoms with Gasteiger partial charge in [-0.3, -0.25) is 0 Å². The van der Waals surface area contributed by atoms with Crippen molar-refractivity contribution in [2.75, 3.05) is 0 Å². The molecule has 0 heterocycles. The molecule has 0 radical (unpaired) electrons. The highest BCUT2D eigenvalue weighted by atomic mass is 35.5. The van der Waals surface area contributed by atoms with E-state index in [-0.39, 0.29) is 0 Å². The van der Waals surface area contributed by atoms with E-state index in [9.17, 15) is 43.9 Å². The summed E-state index contributed by atoms with van der Waals surface area (Å²) < 4.78 is 127. The highest BCUT2D eigenvalue weighted by Crippen LogP contribution is 2.62. The third-order valence-electron chi connectivity index (χ3n) is 1.90. The lowest BCUT2D eigenvalue weighted by Gasteiger charge is -2.40. The predicted molar refractivity (Wildman–Crippen MR) is 50.9 cm³/mol. The summed E-state index contributed by atoms with van der Waals surface area (Å²) in [5.41, 5.74) is 0. The Bertz CT molecular complexity index is 331. The van der Waals surface area contributed by atoms with Gasteiger partial charge in [0.1, 0.15) is 0 Å². The van der Waals surface area contributed by atoms with Crippen LogP contribution in [-0.4, -0.2) is 32.9 Å². The van der Waals surface area contributed by atoms with E-state index in [0.717, 1.165) is 0 Å². The van der Waals surface area contributed by atoms with Gasteiger partial charge in [-0.2, -0.15) is 35.1 Å². The smallest absolute Gasteiger partial charge is 0.211 e. The Kier molecular flexibility index (Phi) is 5.10. The van der Waals surface area contributed by atoms with Crippen molar-refractivity contribution in [1.29, 1.82) is 0 Å². The molecule has 0 fully saturated rings. The zero-order chi connectivity index (χ0) is 17.0. The number of rotatable bonds is 5. The van der Waals surface area contributed by atoms with Gasteiger partial charge in [-0.1, -0.05) is 23.2 Å². The molecule has 0 N–H and O–H groups in total. The van der Waals surface area contributed by atoms with E-state index in [2.05, 4.69) is 46.4 Å². The maximum atomic E-state index is 13.0. The molecule has 0 rings (SSSR count). The van der Waals surface area contributed by atoms with E-state index in [1.807, 2.05) is 0 Å². The standard InChI is InChI=1S/C6Cl4F10/c7-1(11,5(9,17)18)3(13,14)4(15,16)2(8,12)6(10,19)20. The van der Waals surface area contributed by atoms with E-state index in [0.29, 0.717) is 0 Å². The first-order chi connectivity index (χ1) is 8.25. The SMILES string of the molecule is FC(F)(Cl)C(F)(Cl)C(F)(F)C(F)(F)C(F)(Cl)C(F)(F)Cl. The van der Waals surface area contributed by atoms with Crippen molar-refractivity contribution in [1.82, 2.24) is 0 Å². The lowest BCUT2D eigenvalue weighted by atomic mass is 10.0. The van der Waals surface area contributed by atoms with Crippen LogP contribution in [0, 0.1) is 0 Å². The third kappa shape index (κ3) is 2.72. The lowest BCUT2D eigenvalue weighted by Crippen LogP contribution is -2.68. The molecule has 0 saturated heterocycles. The molecule has 0 saturated carbocycles. The molecule has 0 aromatic rings. The van der Waals surface area contributed by atoms with Crippen molar-refractivity contribution in [3.63, 3.8) is 0 Å². The van der Waals surface area contributed by atoms with Crippen LogP contribution in [0.5, 0.6) is 0 Å². The Morgan fingerprint density at radius 2 is 0.550 bits per heavy atom. The van der Waals surface area contributed by atoms with E-state index in [4.69, 9.17) is 0 Å². The summed E-state index contributed by atoms with van der Waals surface area (Å²) in [7, 11) is 0. The number of hydrogen-bond donors (Lipinski definition) is 0. The average Bonchev–Trinajstić information content (AvgIpc) is 2.12. The molecule has 0 nitrogen and oxygen atoms in total. The summed E-state index contributed by atoms with van der Waals surface area (Å²) in [4.78, 5) is 0. The van der Waals surface area contributed by atoms with Crippen LogP contribution in [0.2, 0.25) is 0 Å². The molecule has 2 unspecified atom stereocenters. The van der Waals surface area contributed by atoms with Gasteiger partial charge in [-0.25, -0.2) is 8.78 Å². The summed E-state index contributed by atoms with van der Waals surface area (Å²) in [5, 5.41) is -24.1. The van der Waals surface area contributed by atoms with Gasteiger partial charge in [0, 0.05) is 0 Å². The molecule has 122 valence electrons. The van der Waals surface area contributed by atoms with Gasteiger partial charge in [0.25, 0.3) is 0 Å². The normalized spacial score (nSPS) is 21.3. The zero-order valence-corrected chi connectivity index (χ0v) is 11.3. The maximum Gasteiger partial charge on any atom is 0.375 e. The topological polar surface area (TPSA) is 0 Å². The predicted octanol–water partition coefficient (Wildman–Crippen LogP) is 5.73. The first-order valence-corrected chi connectivity index (χ1v) is 5.41. The average molecular weight is 404 g/mol. The van der Waals surface area contributed by atoms with Crippen LogP contribution >= 0.6 is 46.4 Å². The third-order valence-corrected chi connectivity index (χ3v) is 3.56. The minimum absolute atomic E-state index is 3.74. The van der Waals surface area contributed by atoms with Crippen molar-refractivity contribution < 1.29 is 43.9 Å². The number of halogens is 14. The van der Waals surface area contributed by atoms with Gasteiger partial charge in [0.05, 0.1) is 0 Å². The Morgan fingerprint density at radius 1 is 0.400 bits per heavy atom. The van der Waals surface area contributed by atoms with Crippen LogP contribution in [0.1, 0.15) is 0 Å². The number of hydrogen-bond acceptors (Lipinski definition) is 0. The monoisotopic (exact) mass is 402 g/mol. The molecule has 0 aromatic carbocycles. The second kappa shape index (κ2) is 4.99. The second-order valence-electron chi connectivity index (χ2n) is 3.29. The fourth-order valence-corrected chi connectivity index (χ4v) is 1.23. The molecule has 0 spiro atoms. The van der Waals surface area contributed by atoms with Crippen LogP contribution in [0.4, 0.5) is 43.9 Å². The lowest BCUT2D eigenvalue weighted by molar-refractivity contribution is -0.322. The van der Waals surface area contributed by atoms with Crippen molar-refractivity contribution in [2.24, 2.45) is 0 Å². The minimum Gasteiger partial charge on any atom is -0.211 e. The van der Waals surface area contributed by atoms with Crippen LogP contribution in [-0.2, 0) is 0 Å². The van der Waals surface area contributed by atoms with E-state index >= 15 is 0 Å². The molecule has 20 heavy (non-hydrogen) atoms. The van der Waals surface area contributed by atoms with Crippen LogP contribution in [0.15, 0.2) is 0 Å². The van der Waals surface area contributed by atoms with Gasteiger partial charge in [0.2, 0.25) is 0 Å². The van der Waals surface area contributed by atoms with Gasteiger partial charge >= 0.3 is 32.9 Å². The van der Waals surface area contributed by atoms with Crippen molar-refractivity contribution in [3.05, 3.63) is 0 Å². The molecule has 0 aliphatic rings. The molecule has 0 amide bonds. The largest absolute Gasteiger partial charge is 0.375 e. The summed E-state index contributed by atoms with van der Waals surface area (Å²) >= 11 is 15.2. The fourth-order valence-electron chi connectivity index (χ4n) is 0.750. The summed E-state index contributed by atoms with van der Waals surface area (Å²) in [6.45, 7) is 0. The molecular weight excluding hydrogens is 404 g/mol. The van der Waals surface area contributed by atoms with Crippen LogP contribution < -0.4 is 0 Å². The summed E-state index contributed by atoms with van der Waals surface area (Å²) in [6, 6.07) is 0. The first kappa shape index (κ1) is 20.5. The minimum atomic E-state index is -6.97. The summed E-state index contributed by atoms with van der Waals surface area (Å²) in [5.74, 6) is -13.9. The van der Waals surface area contributed by atoms with E-state index in [1.54, 1.807) is 0 Å². The van der Waals surface area contributed by atoms with Crippen LogP contribution in [0.3, 0.4) is 0 Å². The molecule has 0 aromatic heterocycles. The van der Waals surface area contributed by atoms with E-state index in [1.165, 1.54) is 0 Å². The fraction of sp³-hybridized carbons (Fsp3) is 1.00. The van der Waals surface area contributed by atoms with E-state index < -0.39 is 32.9 Å². The van der Waals surface area contributed by atoms with Gasteiger partial charge in [-0.15, -0.1) is 0 Å². The molecule has 0 bridgehead atoms. The van der Waals surface area contributed by atoms with Gasteiger partial charge in [-0.05, 0) is 23.2 Å². The quantitative estimate of drug-likeness (QED) is 0.406. The highest BCUT2D eigenvalue weighted by molar-refractivity contribution is 6.34. The molecule has 2 atom stereocenters. The van der Waals surface area contributed by atoms with Crippen molar-refractivity contribution in [3.8, 4) is 0 Å². The Labute approximate surface area is 123 Å². The van der Waals surface area contributed by atoms with Crippen molar-refractivity contribution >= 4 is 46.4 Å². The Balaban J connectivity index is 6.08. The van der Waals surface area contributed by atoms with Crippen molar-refractivity contribution in [2.45, 2.75) is 32.9 Å². The first-order valence-electron chi connectivity index (χ1n) is 3.90. The Morgan fingerprint density at radius 3 is 0.650 bits per heavy atom. The molecule has 0 aliphatic carbocycles. The van der Waals surface area contributed by atoms with Gasteiger partial charge in [0.15, 0.2) is 0 Å². The molecular formula is C6Cl4F10. The van der Waals surface area contributed by atoms with Crippen LogP contribution in [0.25, 0.3) is 0 Å². The maximum absolute atomic E-state index is 13.0. The second-order valence-corrected chi connectivity index (χ2v) is 5.28. The Hall–Kier alpha value is 0.460. The molecule has 14 heteroatoms. The molecule has 0 aliphatic heterocycles. The number of alkyl halides is 14. The summed E-state index contributed by atoms with van der Waals surface area (Å²) in [6.07, 6.45) is 0. The highest BCUT2D eigenvalue weighted by Gasteiger charge is 2.87. The zero-order valence-electron chi connectivity index (χ0n) is 8.29. The van der Waals surface area contributed by atoms with Gasteiger partial charge < -0.3 is 0 Å².